The van der Waals surface area contributed by atoms with Gasteiger partial charge in [0, 0.05) is 25.7 Å². The van der Waals surface area contributed by atoms with Crippen LogP contribution in [0.15, 0.2) is 0 Å². The molecule has 2 nitrogen and oxygen atoms in total. The zero-order valence-electron chi connectivity index (χ0n) is 12.4. The van der Waals surface area contributed by atoms with E-state index in [0.717, 1.165) is 23.7 Å². The highest BCUT2D eigenvalue weighted by molar-refractivity contribution is 5.85. The molecule has 0 aromatic carbocycles. The molecular weight excluding hydrogens is 256 g/mol. The molecule has 3 aliphatic rings. The van der Waals surface area contributed by atoms with Crippen LogP contribution in [0.4, 0.5) is 0 Å². The fourth-order valence-electron chi connectivity index (χ4n) is 4.85. The number of nitrogens with zero attached hydrogens (tertiary/aromatic N) is 1. The Kier molecular flexibility index (Phi) is 5.56. The number of hydrogen-bond donors (Lipinski definition) is 1. The quantitative estimate of drug-likeness (QED) is 0.844. The third-order valence-electron chi connectivity index (χ3n) is 5.79. The molecule has 19 heavy (non-hydrogen) atoms. The lowest BCUT2D eigenvalue weighted by atomic mass is 9.78. The highest BCUT2D eigenvalue weighted by atomic mass is 35.5. The molecule has 2 aliphatic carbocycles. The average Bonchev–Trinajstić information content (AvgIpc) is 2.73. The molecule has 5 atom stereocenters. The van der Waals surface area contributed by atoms with Crippen molar-refractivity contribution >= 4 is 12.4 Å². The molecule has 3 fully saturated rings. The lowest BCUT2D eigenvalue weighted by Gasteiger charge is -2.30. The van der Waals surface area contributed by atoms with Gasteiger partial charge < -0.3 is 10.6 Å². The number of likely N-dealkylation sites (tertiary alicyclic amines) is 1. The van der Waals surface area contributed by atoms with Crippen molar-refractivity contribution in [1.82, 2.24) is 4.90 Å². The van der Waals surface area contributed by atoms with Gasteiger partial charge in [0.15, 0.2) is 0 Å². The van der Waals surface area contributed by atoms with Crippen molar-refractivity contribution in [1.29, 1.82) is 0 Å². The maximum Gasteiger partial charge on any atom is 0.00825 e. The number of hydrogen-bond acceptors (Lipinski definition) is 2. The first-order valence-corrected chi connectivity index (χ1v) is 8.20. The first kappa shape index (κ1) is 15.6. The molecule has 112 valence electrons. The van der Waals surface area contributed by atoms with Crippen LogP contribution in [0.2, 0.25) is 0 Å². The molecule has 3 heteroatoms. The highest BCUT2D eigenvalue weighted by Crippen LogP contribution is 2.37. The van der Waals surface area contributed by atoms with Gasteiger partial charge in [0.05, 0.1) is 0 Å². The van der Waals surface area contributed by atoms with Gasteiger partial charge in [-0.1, -0.05) is 26.2 Å². The van der Waals surface area contributed by atoms with Gasteiger partial charge in [-0.05, 0) is 49.4 Å². The van der Waals surface area contributed by atoms with Gasteiger partial charge in [-0.25, -0.2) is 0 Å². The monoisotopic (exact) mass is 286 g/mol. The van der Waals surface area contributed by atoms with Crippen molar-refractivity contribution in [2.24, 2.45) is 29.4 Å². The third-order valence-corrected chi connectivity index (χ3v) is 5.79. The van der Waals surface area contributed by atoms with Crippen molar-refractivity contribution in [3.05, 3.63) is 0 Å². The van der Waals surface area contributed by atoms with Gasteiger partial charge >= 0.3 is 0 Å². The minimum atomic E-state index is 0. The van der Waals surface area contributed by atoms with E-state index in [1.807, 2.05) is 0 Å². The summed E-state index contributed by atoms with van der Waals surface area (Å²) in [6.45, 7) is 6.45. The van der Waals surface area contributed by atoms with Crippen LogP contribution in [-0.4, -0.2) is 30.6 Å². The summed E-state index contributed by atoms with van der Waals surface area (Å²) in [6.07, 6.45) is 9.96. The van der Waals surface area contributed by atoms with E-state index < -0.39 is 0 Å². The van der Waals surface area contributed by atoms with E-state index >= 15 is 0 Å². The van der Waals surface area contributed by atoms with E-state index in [1.54, 1.807) is 0 Å². The Hall–Kier alpha value is 0.210. The summed E-state index contributed by atoms with van der Waals surface area (Å²) in [5.41, 5.74) is 6.31. The second-order valence-corrected chi connectivity index (χ2v) is 7.38. The molecule has 0 aromatic heterocycles. The summed E-state index contributed by atoms with van der Waals surface area (Å²) in [5.74, 6) is 3.69. The molecule has 0 spiro atoms. The van der Waals surface area contributed by atoms with Crippen LogP contribution < -0.4 is 5.73 Å². The molecule has 2 saturated carbocycles. The van der Waals surface area contributed by atoms with Gasteiger partial charge in [0.25, 0.3) is 0 Å². The first-order valence-electron chi connectivity index (χ1n) is 8.20. The molecule has 1 aliphatic heterocycles. The van der Waals surface area contributed by atoms with Crippen molar-refractivity contribution in [3.63, 3.8) is 0 Å². The molecule has 3 rings (SSSR count). The Morgan fingerprint density at radius 3 is 2.58 bits per heavy atom. The summed E-state index contributed by atoms with van der Waals surface area (Å²) in [7, 11) is 0. The number of fused-ring (bicyclic) bond motifs is 1. The standard InChI is InChI=1S/C16H30N2.ClH/c1-12-4-2-5-13(8-12)9-18-10-14-6-3-7-16(17)15(14)11-18;/h12-16H,2-11,17H2,1H3;1H. The Balaban J connectivity index is 0.00000133. The number of nitrogens with two attached hydrogens (primary N) is 1. The molecule has 0 radical (unpaired) electrons. The minimum absolute atomic E-state index is 0. The van der Waals surface area contributed by atoms with Gasteiger partial charge in [0.2, 0.25) is 0 Å². The van der Waals surface area contributed by atoms with Crippen molar-refractivity contribution in [2.45, 2.75) is 57.9 Å². The predicted molar refractivity (Wildman–Crippen MR) is 83.6 cm³/mol. The third kappa shape index (κ3) is 3.65. The summed E-state index contributed by atoms with van der Waals surface area (Å²) in [4.78, 5) is 2.75. The minimum Gasteiger partial charge on any atom is -0.327 e. The second-order valence-electron chi connectivity index (χ2n) is 7.38. The molecule has 5 unspecified atom stereocenters. The molecular formula is C16H31ClN2. The van der Waals surface area contributed by atoms with Gasteiger partial charge in [-0.15, -0.1) is 12.4 Å². The van der Waals surface area contributed by atoms with E-state index in [9.17, 15) is 0 Å². The van der Waals surface area contributed by atoms with Crippen molar-refractivity contribution in [3.8, 4) is 0 Å². The number of halogens is 1. The second kappa shape index (κ2) is 6.78. The highest BCUT2D eigenvalue weighted by Gasteiger charge is 2.39. The van der Waals surface area contributed by atoms with E-state index in [0.29, 0.717) is 6.04 Å². The predicted octanol–water partition coefficient (Wildman–Crippen LogP) is 3.29. The van der Waals surface area contributed by atoms with Gasteiger partial charge in [-0.3, -0.25) is 0 Å². The van der Waals surface area contributed by atoms with E-state index in [-0.39, 0.29) is 12.4 Å². The van der Waals surface area contributed by atoms with Crippen LogP contribution in [-0.2, 0) is 0 Å². The normalized spacial score (nSPS) is 43.6. The fourth-order valence-corrected chi connectivity index (χ4v) is 4.85. The lowest BCUT2D eigenvalue weighted by Crippen LogP contribution is -2.38. The topological polar surface area (TPSA) is 29.3 Å². The van der Waals surface area contributed by atoms with E-state index in [1.165, 1.54) is 64.6 Å². The lowest BCUT2D eigenvalue weighted by molar-refractivity contribution is 0.197. The molecule has 0 amide bonds. The summed E-state index contributed by atoms with van der Waals surface area (Å²) in [5, 5.41) is 0. The van der Waals surface area contributed by atoms with Crippen molar-refractivity contribution < 1.29 is 0 Å². The first-order chi connectivity index (χ1) is 8.72. The smallest absolute Gasteiger partial charge is 0.00825 e. The molecule has 1 heterocycles. The summed E-state index contributed by atoms with van der Waals surface area (Å²) >= 11 is 0. The van der Waals surface area contributed by atoms with E-state index in [4.69, 9.17) is 5.73 Å². The summed E-state index contributed by atoms with van der Waals surface area (Å²) < 4.78 is 0. The van der Waals surface area contributed by atoms with Crippen molar-refractivity contribution in [2.75, 3.05) is 19.6 Å². The van der Waals surface area contributed by atoms with Crippen LogP contribution >= 0.6 is 12.4 Å². The van der Waals surface area contributed by atoms with Crippen LogP contribution in [0.5, 0.6) is 0 Å². The van der Waals surface area contributed by atoms with Crippen LogP contribution in [0.3, 0.4) is 0 Å². The Labute approximate surface area is 124 Å². The largest absolute Gasteiger partial charge is 0.327 e. The Morgan fingerprint density at radius 2 is 1.84 bits per heavy atom. The number of rotatable bonds is 2. The van der Waals surface area contributed by atoms with Crippen LogP contribution in [0.25, 0.3) is 0 Å². The molecule has 0 aromatic rings. The van der Waals surface area contributed by atoms with Gasteiger partial charge in [-0.2, -0.15) is 0 Å². The van der Waals surface area contributed by atoms with Crippen LogP contribution in [0, 0.1) is 23.7 Å². The van der Waals surface area contributed by atoms with Crippen LogP contribution in [0.1, 0.15) is 51.9 Å². The zero-order valence-corrected chi connectivity index (χ0v) is 13.2. The average molecular weight is 287 g/mol. The van der Waals surface area contributed by atoms with Gasteiger partial charge in [0.1, 0.15) is 0 Å². The SMILES string of the molecule is CC1CCCC(CN2CC3CCCC(N)C3C2)C1.Cl. The molecule has 2 N–H and O–H groups in total. The molecule has 1 saturated heterocycles. The Bertz CT molecular complexity index is 284. The maximum atomic E-state index is 6.31. The zero-order chi connectivity index (χ0) is 12.5. The fraction of sp³-hybridized carbons (Fsp3) is 1.00. The molecule has 0 bridgehead atoms. The van der Waals surface area contributed by atoms with E-state index in [2.05, 4.69) is 11.8 Å². The maximum absolute atomic E-state index is 6.31. The summed E-state index contributed by atoms with van der Waals surface area (Å²) in [6, 6.07) is 0.499. The Morgan fingerprint density at radius 1 is 1.05 bits per heavy atom.